The fourth-order valence-corrected chi connectivity index (χ4v) is 2.22. The van der Waals surface area contributed by atoms with Crippen molar-refractivity contribution in [1.29, 1.82) is 0 Å². The molecule has 1 aromatic heterocycles. The Labute approximate surface area is 96.4 Å². The van der Waals surface area contributed by atoms with Gasteiger partial charge in [0.15, 0.2) is 0 Å². The lowest BCUT2D eigenvalue weighted by molar-refractivity contribution is 0.555. The van der Waals surface area contributed by atoms with Crippen LogP contribution < -0.4 is 0 Å². The second-order valence-corrected chi connectivity index (χ2v) is 5.33. The van der Waals surface area contributed by atoms with Crippen LogP contribution in [0.4, 0.5) is 8.78 Å². The Bertz CT molecular complexity index is 644. The van der Waals surface area contributed by atoms with Crippen molar-refractivity contribution in [1.82, 2.24) is 9.55 Å². The monoisotopic (exact) mass is 258 g/mol. The molecule has 90 valence electrons. The van der Waals surface area contributed by atoms with Crippen LogP contribution in [-0.2, 0) is 9.84 Å². The number of para-hydroxylation sites is 1. The van der Waals surface area contributed by atoms with Crippen LogP contribution in [0.2, 0.25) is 0 Å². The molecule has 0 aliphatic rings. The molecule has 2 rings (SSSR count). The van der Waals surface area contributed by atoms with E-state index in [0.717, 1.165) is 23.0 Å². The van der Waals surface area contributed by atoms with Crippen molar-refractivity contribution in [2.75, 3.05) is 6.26 Å². The number of hydrogen-bond donors (Lipinski definition) is 0. The smallest absolute Gasteiger partial charge is 0.232 e. The number of hydrogen-bond acceptors (Lipinski definition) is 3. The highest BCUT2D eigenvalue weighted by atomic mass is 32.2. The second-order valence-electron chi connectivity index (χ2n) is 3.42. The van der Waals surface area contributed by atoms with Crippen molar-refractivity contribution in [3.63, 3.8) is 0 Å². The topological polar surface area (TPSA) is 52.0 Å². The minimum absolute atomic E-state index is 0.401. The summed E-state index contributed by atoms with van der Waals surface area (Å²) in [4.78, 5) is 3.59. The van der Waals surface area contributed by atoms with Crippen molar-refractivity contribution in [3.8, 4) is 5.69 Å². The first-order chi connectivity index (χ1) is 7.91. The molecule has 0 saturated heterocycles. The van der Waals surface area contributed by atoms with E-state index in [1.807, 2.05) is 0 Å². The number of nitrogens with zero attached hydrogens (tertiary/aromatic N) is 2. The Morgan fingerprint density at radius 1 is 1.24 bits per heavy atom. The molecule has 0 spiro atoms. The van der Waals surface area contributed by atoms with Crippen LogP contribution in [0, 0.1) is 11.6 Å². The van der Waals surface area contributed by atoms with Gasteiger partial charge in [-0.3, -0.25) is 4.57 Å². The van der Waals surface area contributed by atoms with Gasteiger partial charge in [0.2, 0.25) is 15.0 Å². The normalized spacial score (nSPS) is 11.7. The molecule has 1 aromatic carbocycles. The fraction of sp³-hybridized carbons (Fsp3) is 0.100. The molecule has 0 aliphatic carbocycles. The Hall–Kier alpha value is -1.76. The quantitative estimate of drug-likeness (QED) is 0.821. The Morgan fingerprint density at radius 2 is 1.82 bits per heavy atom. The third-order valence-corrected chi connectivity index (χ3v) is 3.08. The summed E-state index contributed by atoms with van der Waals surface area (Å²) in [7, 11) is -3.65. The summed E-state index contributed by atoms with van der Waals surface area (Å²) in [5.41, 5.74) is -0.453. The molecule has 17 heavy (non-hydrogen) atoms. The SMILES string of the molecule is CS(=O)(=O)c1nccn1-c1c(F)cccc1F. The van der Waals surface area contributed by atoms with Crippen LogP contribution in [0.5, 0.6) is 0 Å². The molecule has 0 aliphatic heterocycles. The van der Waals surface area contributed by atoms with Gasteiger partial charge in [0, 0.05) is 18.6 Å². The Morgan fingerprint density at radius 3 is 2.35 bits per heavy atom. The van der Waals surface area contributed by atoms with Crippen molar-refractivity contribution in [2.45, 2.75) is 5.16 Å². The highest BCUT2D eigenvalue weighted by Crippen LogP contribution is 2.20. The summed E-state index contributed by atoms with van der Waals surface area (Å²) in [6, 6.07) is 3.29. The van der Waals surface area contributed by atoms with E-state index in [-0.39, 0.29) is 0 Å². The molecular weight excluding hydrogens is 250 g/mol. The third kappa shape index (κ3) is 2.05. The van der Waals surface area contributed by atoms with Gasteiger partial charge in [0.25, 0.3) is 0 Å². The summed E-state index contributed by atoms with van der Waals surface area (Å²) in [5, 5.41) is -0.401. The van der Waals surface area contributed by atoms with E-state index in [0.29, 0.717) is 0 Å². The molecular formula is C10H8F2N2O2S. The Kier molecular flexibility index (Phi) is 2.70. The van der Waals surface area contributed by atoms with Gasteiger partial charge in [0.1, 0.15) is 17.3 Å². The van der Waals surface area contributed by atoms with Gasteiger partial charge >= 0.3 is 0 Å². The first-order valence-electron chi connectivity index (χ1n) is 4.59. The van der Waals surface area contributed by atoms with E-state index in [2.05, 4.69) is 4.98 Å². The second kappa shape index (κ2) is 3.92. The fourth-order valence-electron chi connectivity index (χ4n) is 1.45. The van der Waals surface area contributed by atoms with Gasteiger partial charge < -0.3 is 0 Å². The van der Waals surface area contributed by atoms with E-state index >= 15 is 0 Å². The third-order valence-electron chi connectivity index (χ3n) is 2.12. The van der Waals surface area contributed by atoms with Gasteiger partial charge in [-0.05, 0) is 12.1 Å². The molecule has 0 amide bonds. The summed E-state index contributed by atoms with van der Waals surface area (Å²) >= 11 is 0. The molecule has 0 saturated carbocycles. The summed E-state index contributed by atoms with van der Waals surface area (Å²) in [6.45, 7) is 0. The van der Waals surface area contributed by atoms with Crippen molar-refractivity contribution in [3.05, 3.63) is 42.2 Å². The molecule has 0 N–H and O–H groups in total. The molecule has 7 heteroatoms. The number of halogens is 2. The summed E-state index contributed by atoms with van der Waals surface area (Å²) < 4.78 is 50.6. The molecule has 0 unspecified atom stereocenters. The standard InChI is InChI=1S/C10H8F2N2O2S/c1-17(15,16)10-13-5-6-14(10)9-7(11)3-2-4-8(9)12/h2-6H,1H3. The predicted octanol–water partition coefficient (Wildman–Crippen LogP) is 1.55. The van der Waals surface area contributed by atoms with Gasteiger partial charge in [0.05, 0.1) is 0 Å². The maximum Gasteiger partial charge on any atom is 0.232 e. The average molecular weight is 258 g/mol. The van der Waals surface area contributed by atoms with Crippen LogP contribution in [0.1, 0.15) is 0 Å². The summed E-state index contributed by atoms with van der Waals surface area (Å²) in [5.74, 6) is -1.71. The first kappa shape index (κ1) is 11.7. The van der Waals surface area contributed by atoms with E-state index < -0.39 is 32.3 Å². The van der Waals surface area contributed by atoms with Gasteiger partial charge in [-0.1, -0.05) is 6.07 Å². The number of sulfone groups is 1. The van der Waals surface area contributed by atoms with Crippen molar-refractivity contribution >= 4 is 9.84 Å². The number of benzene rings is 1. The maximum atomic E-state index is 13.5. The van der Waals surface area contributed by atoms with Gasteiger partial charge in [-0.15, -0.1) is 0 Å². The van der Waals surface area contributed by atoms with E-state index in [1.54, 1.807) is 0 Å². The lowest BCUT2D eigenvalue weighted by atomic mass is 10.3. The molecule has 0 fully saturated rings. The Balaban J connectivity index is 2.75. The zero-order chi connectivity index (χ0) is 12.6. The molecule has 2 aromatic rings. The van der Waals surface area contributed by atoms with Gasteiger partial charge in [-0.25, -0.2) is 22.2 Å². The van der Waals surface area contributed by atoms with E-state index in [4.69, 9.17) is 0 Å². The van der Waals surface area contributed by atoms with Crippen LogP contribution in [0.3, 0.4) is 0 Å². The molecule has 0 bridgehead atoms. The van der Waals surface area contributed by atoms with Crippen LogP contribution in [0.15, 0.2) is 35.7 Å². The highest BCUT2D eigenvalue weighted by Gasteiger charge is 2.20. The van der Waals surface area contributed by atoms with Crippen LogP contribution in [-0.4, -0.2) is 24.2 Å². The summed E-state index contributed by atoms with van der Waals surface area (Å²) in [6.07, 6.45) is 3.28. The highest BCUT2D eigenvalue weighted by molar-refractivity contribution is 7.90. The zero-order valence-electron chi connectivity index (χ0n) is 8.76. The number of imidazole rings is 1. The van der Waals surface area contributed by atoms with E-state index in [9.17, 15) is 17.2 Å². The van der Waals surface area contributed by atoms with Crippen molar-refractivity contribution in [2.24, 2.45) is 0 Å². The minimum atomic E-state index is -3.65. The van der Waals surface area contributed by atoms with E-state index in [1.165, 1.54) is 18.5 Å². The van der Waals surface area contributed by atoms with Crippen LogP contribution >= 0.6 is 0 Å². The van der Waals surface area contributed by atoms with Crippen molar-refractivity contribution < 1.29 is 17.2 Å². The minimum Gasteiger partial charge on any atom is -0.285 e. The molecule has 0 radical (unpaired) electrons. The average Bonchev–Trinajstić information content (AvgIpc) is 2.65. The van der Waals surface area contributed by atoms with Crippen LogP contribution in [0.25, 0.3) is 5.69 Å². The lowest BCUT2D eigenvalue weighted by Crippen LogP contribution is -2.10. The first-order valence-corrected chi connectivity index (χ1v) is 6.48. The lowest BCUT2D eigenvalue weighted by Gasteiger charge is -2.08. The van der Waals surface area contributed by atoms with Gasteiger partial charge in [-0.2, -0.15) is 0 Å². The predicted molar refractivity (Wildman–Crippen MR) is 56.6 cm³/mol. The molecule has 4 nitrogen and oxygen atoms in total. The number of rotatable bonds is 2. The zero-order valence-corrected chi connectivity index (χ0v) is 9.58. The largest absolute Gasteiger partial charge is 0.285 e. The molecule has 0 atom stereocenters. The maximum absolute atomic E-state index is 13.5. The molecule has 1 heterocycles. The number of aromatic nitrogens is 2.